The van der Waals surface area contributed by atoms with E-state index in [1.54, 1.807) is 0 Å². The van der Waals surface area contributed by atoms with Gasteiger partial charge in [-0.2, -0.15) is 0 Å². The van der Waals surface area contributed by atoms with Gasteiger partial charge in [0.15, 0.2) is 0 Å². The molecule has 20 heavy (non-hydrogen) atoms. The molecule has 4 heteroatoms. The highest BCUT2D eigenvalue weighted by atomic mass is 16.5. The number of para-hydroxylation sites is 1. The first-order valence-corrected chi connectivity index (χ1v) is 7.59. The number of hydrazine groups is 1. The summed E-state index contributed by atoms with van der Waals surface area (Å²) in [6.45, 7) is 5.67. The van der Waals surface area contributed by atoms with Gasteiger partial charge in [-0.1, -0.05) is 25.1 Å². The van der Waals surface area contributed by atoms with Crippen molar-refractivity contribution in [3.05, 3.63) is 29.8 Å². The van der Waals surface area contributed by atoms with Gasteiger partial charge in [0.25, 0.3) is 0 Å². The van der Waals surface area contributed by atoms with E-state index in [-0.39, 0.29) is 12.1 Å². The minimum atomic E-state index is 0.167. The van der Waals surface area contributed by atoms with Crippen molar-refractivity contribution in [3.63, 3.8) is 0 Å². The summed E-state index contributed by atoms with van der Waals surface area (Å²) in [7, 11) is 0. The van der Waals surface area contributed by atoms with E-state index in [1.807, 2.05) is 19.1 Å². The highest BCUT2D eigenvalue weighted by Crippen LogP contribution is 2.36. The van der Waals surface area contributed by atoms with E-state index in [0.717, 1.165) is 38.2 Å². The largest absolute Gasteiger partial charge is 0.493 e. The second-order valence-electron chi connectivity index (χ2n) is 5.28. The van der Waals surface area contributed by atoms with Gasteiger partial charge in [-0.3, -0.25) is 11.3 Å². The van der Waals surface area contributed by atoms with Crippen molar-refractivity contribution < 1.29 is 9.47 Å². The van der Waals surface area contributed by atoms with E-state index >= 15 is 0 Å². The van der Waals surface area contributed by atoms with Crippen molar-refractivity contribution in [1.82, 2.24) is 5.43 Å². The number of fused-ring (bicyclic) bond motifs is 1. The van der Waals surface area contributed by atoms with Crippen molar-refractivity contribution in [2.75, 3.05) is 13.2 Å². The molecule has 4 nitrogen and oxygen atoms in total. The molecule has 0 amide bonds. The number of nitrogens with one attached hydrogen (secondary N) is 1. The molecule has 1 aliphatic rings. The van der Waals surface area contributed by atoms with Gasteiger partial charge in [0.1, 0.15) is 5.75 Å². The van der Waals surface area contributed by atoms with Gasteiger partial charge in [-0.15, -0.1) is 0 Å². The lowest BCUT2D eigenvalue weighted by atomic mass is 9.86. The van der Waals surface area contributed by atoms with Gasteiger partial charge in [0.2, 0.25) is 0 Å². The monoisotopic (exact) mass is 278 g/mol. The SMILES string of the molecule is CCOC(CC)C(CC1CCOc2ccccc21)NN. The zero-order chi connectivity index (χ0) is 14.4. The molecule has 3 atom stereocenters. The van der Waals surface area contributed by atoms with E-state index < -0.39 is 0 Å². The fraction of sp³-hybridized carbons (Fsp3) is 0.625. The fourth-order valence-corrected chi connectivity index (χ4v) is 3.03. The molecule has 1 heterocycles. The van der Waals surface area contributed by atoms with Gasteiger partial charge < -0.3 is 9.47 Å². The number of hydrogen-bond donors (Lipinski definition) is 2. The fourth-order valence-electron chi connectivity index (χ4n) is 3.03. The predicted molar refractivity (Wildman–Crippen MR) is 80.7 cm³/mol. The molecule has 0 aromatic heterocycles. The average Bonchev–Trinajstić information content (AvgIpc) is 2.50. The quantitative estimate of drug-likeness (QED) is 0.594. The maximum Gasteiger partial charge on any atom is 0.122 e. The molecule has 0 bridgehead atoms. The molecule has 3 N–H and O–H groups in total. The number of benzene rings is 1. The molecular formula is C16H26N2O2. The standard InChI is InChI=1S/C16H26N2O2/c1-3-15(19-4-2)14(18-17)11-12-9-10-20-16-8-6-5-7-13(12)16/h5-8,12,14-15,18H,3-4,9-11,17H2,1-2H3. The number of rotatable bonds is 7. The smallest absolute Gasteiger partial charge is 0.122 e. The molecule has 0 saturated heterocycles. The van der Waals surface area contributed by atoms with Gasteiger partial charge >= 0.3 is 0 Å². The number of ether oxygens (including phenoxy) is 2. The summed E-state index contributed by atoms with van der Waals surface area (Å²) in [6.07, 6.45) is 3.15. The van der Waals surface area contributed by atoms with Crippen molar-refractivity contribution in [2.24, 2.45) is 5.84 Å². The number of nitrogens with two attached hydrogens (primary N) is 1. The third-order valence-electron chi connectivity index (χ3n) is 4.07. The van der Waals surface area contributed by atoms with Crippen LogP contribution in [0.1, 0.15) is 44.6 Å². The van der Waals surface area contributed by atoms with Crippen LogP contribution in [0.15, 0.2) is 24.3 Å². The Morgan fingerprint density at radius 1 is 1.40 bits per heavy atom. The first-order chi connectivity index (χ1) is 9.80. The molecule has 0 spiro atoms. The third-order valence-corrected chi connectivity index (χ3v) is 4.07. The first kappa shape index (κ1) is 15.3. The minimum absolute atomic E-state index is 0.167. The second kappa shape index (κ2) is 7.62. The van der Waals surface area contributed by atoms with Gasteiger partial charge in [-0.05, 0) is 43.7 Å². The van der Waals surface area contributed by atoms with E-state index in [2.05, 4.69) is 24.5 Å². The van der Waals surface area contributed by atoms with Crippen molar-refractivity contribution >= 4 is 0 Å². The van der Waals surface area contributed by atoms with Crippen molar-refractivity contribution in [3.8, 4) is 5.75 Å². The zero-order valence-electron chi connectivity index (χ0n) is 12.5. The molecule has 0 saturated carbocycles. The van der Waals surface area contributed by atoms with E-state index in [4.69, 9.17) is 15.3 Å². The Morgan fingerprint density at radius 3 is 2.90 bits per heavy atom. The van der Waals surface area contributed by atoms with Crippen LogP contribution in [-0.2, 0) is 4.74 Å². The molecule has 1 aromatic carbocycles. The Labute approximate surface area is 121 Å². The van der Waals surface area contributed by atoms with Crippen LogP contribution in [0.4, 0.5) is 0 Å². The van der Waals surface area contributed by atoms with E-state index in [9.17, 15) is 0 Å². The average molecular weight is 278 g/mol. The molecule has 3 unspecified atom stereocenters. The molecule has 2 rings (SSSR count). The van der Waals surface area contributed by atoms with E-state index in [1.165, 1.54) is 5.56 Å². The maximum atomic E-state index is 5.80. The van der Waals surface area contributed by atoms with Crippen LogP contribution in [0, 0.1) is 0 Å². The Balaban J connectivity index is 2.08. The lowest BCUT2D eigenvalue weighted by molar-refractivity contribution is 0.0266. The molecule has 1 aromatic rings. The molecular weight excluding hydrogens is 252 g/mol. The lowest BCUT2D eigenvalue weighted by Crippen LogP contribution is -2.46. The summed E-state index contributed by atoms with van der Waals surface area (Å²) in [4.78, 5) is 0. The Hall–Kier alpha value is -1.10. The van der Waals surface area contributed by atoms with E-state index in [0.29, 0.717) is 5.92 Å². The summed E-state index contributed by atoms with van der Waals surface area (Å²) >= 11 is 0. The summed E-state index contributed by atoms with van der Waals surface area (Å²) in [5.74, 6) is 7.25. The van der Waals surface area contributed by atoms with Gasteiger partial charge in [0.05, 0.1) is 12.7 Å². The summed E-state index contributed by atoms with van der Waals surface area (Å²) < 4.78 is 11.5. The van der Waals surface area contributed by atoms with Crippen LogP contribution in [0.3, 0.4) is 0 Å². The predicted octanol–water partition coefficient (Wildman–Crippen LogP) is 2.59. The molecule has 0 aliphatic carbocycles. The lowest BCUT2D eigenvalue weighted by Gasteiger charge is -2.32. The van der Waals surface area contributed by atoms with Gasteiger partial charge in [-0.25, -0.2) is 0 Å². The highest BCUT2D eigenvalue weighted by molar-refractivity contribution is 5.37. The third kappa shape index (κ3) is 3.51. The van der Waals surface area contributed by atoms with Crippen LogP contribution in [0.25, 0.3) is 0 Å². The van der Waals surface area contributed by atoms with Crippen LogP contribution in [0.2, 0.25) is 0 Å². The molecule has 0 fully saturated rings. The second-order valence-corrected chi connectivity index (χ2v) is 5.28. The van der Waals surface area contributed by atoms with Crippen molar-refractivity contribution in [1.29, 1.82) is 0 Å². The Morgan fingerprint density at radius 2 is 2.20 bits per heavy atom. The Kier molecular flexibility index (Phi) is 5.83. The first-order valence-electron chi connectivity index (χ1n) is 7.59. The maximum absolute atomic E-state index is 5.80. The molecule has 0 radical (unpaired) electrons. The highest BCUT2D eigenvalue weighted by Gasteiger charge is 2.27. The van der Waals surface area contributed by atoms with Crippen LogP contribution in [0.5, 0.6) is 5.75 Å². The summed E-state index contributed by atoms with van der Waals surface area (Å²) in [6, 6.07) is 8.48. The van der Waals surface area contributed by atoms with Gasteiger partial charge in [0, 0.05) is 12.6 Å². The van der Waals surface area contributed by atoms with Crippen LogP contribution in [-0.4, -0.2) is 25.4 Å². The topological polar surface area (TPSA) is 56.5 Å². The normalized spacial score (nSPS) is 20.9. The Bertz CT molecular complexity index is 411. The molecule has 1 aliphatic heterocycles. The zero-order valence-corrected chi connectivity index (χ0v) is 12.5. The minimum Gasteiger partial charge on any atom is -0.493 e. The van der Waals surface area contributed by atoms with Crippen LogP contribution >= 0.6 is 0 Å². The van der Waals surface area contributed by atoms with Crippen LogP contribution < -0.4 is 16.0 Å². The summed E-state index contributed by atoms with van der Waals surface area (Å²) in [5, 5.41) is 0. The number of hydrogen-bond acceptors (Lipinski definition) is 4. The summed E-state index contributed by atoms with van der Waals surface area (Å²) in [5.41, 5.74) is 4.25. The molecule has 112 valence electrons. The van der Waals surface area contributed by atoms with Crippen molar-refractivity contribution in [2.45, 2.75) is 51.2 Å².